The molecule has 1 saturated heterocycles. The second-order valence-corrected chi connectivity index (χ2v) is 9.55. The smallest absolute Gasteiger partial charge is 0.233 e. The van der Waals surface area contributed by atoms with Gasteiger partial charge >= 0.3 is 0 Å². The van der Waals surface area contributed by atoms with E-state index in [2.05, 4.69) is 4.98 Å². The van der Waals surface area contributed by atoms with Gasteiger partial charge in [0.1, 0.15) is 6.04 Å². The number of halogens is 1. The number of hydrogen-bond acceptors (Lipinski definition) is 6. The van der Waals surface area contributed by atoms with Gasteiger partial charge in [-0.1, -0.05) is 29.8 Å². The van der Waals surface area contributed by atoms with Crippen LogP contribution in [0.1, 0.15) is 30.0 Å². The minimum atomic E-state index is -3.71. The van der Waals surface area contributed by atoms with Crippen LogP contribution < -0.4 is 0 Å². The maximum Gasteiger partial charge on any atom is 0.233 e. The summed E-state index contributed by atoms with van der Waals surface area (Å²) in [5.41, 5.74) is 1.45. The highest BCUT2D eigenvalue weighted by molar-refractivity contribution is 7.89. The van der Waals surface area contributed by atoms with Crippen LogP contribution in [0.2, 0.25) is 5.02 Å². The van der Waals surface area contributed by atoms with Gasteiger partial charge in [0.05, 0.1) is 18.5 Å². The van der Waals surface area contributed by atoms with Crippen LogP contribution in [0.25, 0.3) is 0 Å². The Hall–Kier alpha value is -2.04. The molecule has 0 radical (unpaired) electrons. The van der Waals surface area contributed by atoms with E-state index in [0.29, 0.717) is 48.2 Å². The number of rotatable bonds is 9. The monoisotopic (exact) mass is 453 g/mol. The quantitative estimate of drug-likeness (QED) is 0.356. The minimum Gasteiger partial charge on any atom is -0.373 e. The molecule has 1 aromatic heterocycles. The van der Waals surface area contributed by atoms with E-state index in [4.69, 9.17) is 16.3 Å². The van der Waals surface area contributed by atoms with Gasteiger partial charge in [0.25, 0.3) is 0 Å². The third-order valence-corrected chi connectivity index (χ3v) is 7.20. The summed E-state index contributed by atoms with van der Waals surface area (Å²) < 4.78 is 33.1. The molecule has 8 nitrogen and oxygen atoms in total. The van der Waals surface area contributed by atoms with Crippen molar-refractivity contribution in [2.75, 3.05) is 18.8 Å². The first-order valence-corrected chi connectivity index (χ1v) is 11.5. The van der Waals surface area contributed by atoms with E-state index in [1.807, 2.05) is 12.1 Å². The first kappa shape index (κ1) is 22.6. The van der Waals surface area contributed by atoms with E-state index in [1.165, 1.54) is 16.7 Å². The van der Waals surface area contributed by atoms with Crippen molar-refractivity contribution in [2.45, 2.75) is 31.6 Å². The zero-order chi connectivity index (χ0) is 21.6. The van der Waals surface area contributed by atoms with Crippen LogP contribution in [-0.2, 0) is 26.2 Å². The summed E-state index contributed by atoms with van der Waals surface area (Å²) in [6, 6.07) is 9.62. The van der Waals surface area contributed by atoms with E-state index >= 15 is 0 Å². The van der Waals surface area contributed by atoms with Crippen LogP contribution in [-0.4, -0.2) is 59.3 Å². The van der Waals surface area contributed by atoms with Crippen molar-refractivity contribution < 1.29 is 23.2 Å². The number of carbonyl (C=O) groups is 1. The van der Waals surface area contributed by atoms with Gasteiger partial charge in [-0.3, -0.25) is 15.0 Å². The highest BCUT2D eigenvalue weighted by Gasteiger charge is 2.33. The molecule has 1 atom stereocenters. The molecular weight excluding hydrogens is 430 g/mol. The summed E-state index contributed by atoms with van der Waals surface area (Å²) in [7, 11) is -3.71. The van der Waals surface area contributed by atoms with Crippen molar-refractivity contribution in [3.05, 3.63) is 64.9 Å². The van der Waals surface area contributed by atoms with Gasteiger partial charge in [0, 0.05) is 30.5 Å². The molecule has 1 amide bonds. The van der Waals surface area contributed by atoms with Gasteiger partial charge in [0.15, 0.2) is 0 Å². The Bertz CT molecular complexity index is 919. The minimum absolute atomic E-state index is 0.0365. The molecular formula is C20H24ClN3O5S. The largest absolute Gasteiger partial charge is 0.373 e. The molecule has 10 heteroatoms. The molecule has 0 aliphatic carbocycles. The number of aromatic nitrogens is 1. The average Bonchev–Trinajstić information content (AvgIpc) is 2.77. The Morgan fingerprint density at radius 1 is 1.27 bits per heavy atom. The molecule has 0 bridgehead atoms. The number of amides is 1. The van der Waals surface area contributed by atoms with Crippen molar-refractivity contribution in [3.8, 4) is 0 Å². The number of sulfonamides is 1. The standard InChI is InChI=1S/C20H24ClN3O5S/c21-18-5-3-16(4-6-18)13-29-19-7-10-23(11-8-19)30(27,28)14-20(24(26)15-25)17-2-1-9-22-12-17/h1-6,9,12,15,19-20,26H,7-8,10-11,13-14H2. The Labute approximate surface area is 181 Å². The average molecular weight is 454 g/mol. The topological polar surface area (TPSA) is 100 Å². The second-order valence-electron chi connectivity index (χ2n) is 7.10. The highest BCUT2D eigenvalue weighted by atomic mass is 35.5. The van der Waals surface area contributed by atoms with Crippen molar-refractivity contribution in [2.24, 2.45) is 0 Å². The normalized spacial score (nSPS) is 16.9. The van der Waals surface area contributed by atoms with Gasteiger partial charge < -0.3 is 4.74 Å². The molecule has 2 aromatic rings. The van der Waals surface area contributed by atoms with Crippen LogP contribution in [0.4, 0.5) is 0 Å². The molecule has 0 saturated carbocycles. The lowest BCUT2D eigenvalue weighted by atomic mass is 10.1. The zero-order valence-electron chi connectivity index (χ0n) is 16.3. The van der Waals surface area contributed by atoms with Crippen molar-refractivity contribution in [3.63, 3.8) is 0 Å². The van der Waals surface area contributed by atoms with Gasteiger partial charge in [-0.15, -0.1) is 0 Å². The number of ether oxygens (including phenoxy) is 1. The molecule has 3 rings (SSSR count). The van der Waals surface area contributed by atoms with Gasteiger partial charge in [-0.25, -0.2) is 17.8 Å². The summed E-state index contributed by atoms with van der Waals surface area (Å²) in [4.78, 5) is 15.0. The lowest BCUT2D eigenvalue weighted by Crippen LogP contribution is -2.44. The maximum atomic E-state index is 12.9. The molecule has 0 spiro atoms. The molecule has 1 fully saturated rings. The number of hydrogen-bond donors (Lipinski definition) is 1. The van der Waals surface area contributed by atoms with Gasteiger partial charge in [-0.05, 0) is 42.2 Å². The van der Waals surface area contributed by atoms with E-state index in [1.54, 1.807) is 24.3 Å². The predicted octanol–water partition coefficient (Wildman–Crippen LogP) is 2.63. The highest BCUT2D eigenvalue weighted by Crippen LogP contribution is 2.24. The van der Waals surface area contributed by atoms with Crippen LogP contribution in [0, 0.1) is 0 Å². The van der Waals surface area contributed by atoms with Crippen molar-refractivity contribution in [1.82, 2.24) is 14.4 Å². The molecule has 1 aliphatic heterocycles. The molecule has 2 heterocycles. The lowest BCUT2D eigenvalue weighted by Gasteiger charge is -2.33. The molecule has 1 aliphatic rings. The number of pyridine rings is 1. The summed E-state index contributed by atoms with van der Waals surface area (Å²) >= 11 is 5.88. The van der Waals surface area contributed by atoms with E-state index in [9.17, 15) is 18.4 Å². The predicted molar refractivity (Wildman–Crippen MR) is 111 cm³/mol. The molecule has 30 heavy (non-hydrogen) atoms. The summed E-state index contributed by atoms with van der Waals surface area (Å²) in [6.45, 7) is 1.08. The van der Waals surface area contributed by atoms with Crippen molar-refractivity contribution >= 4 is 28.0 Å². The maximum absolute atomic E-state index is 12.9. The van der Waals surface area contributed by atoms with E-state index in [0.717, 1.165) is 5.56 Å². The fourth-order valence-corrected chi connectivity index (χ4v) is 5.20. The fraction of sp³-hybridized carbons (Fsp3) is 0.400. The van der Waals surface area contributed by atoms with Gasteiger partial charge in [-0.2, -0.15) is 0 Å². The zero-order valence-corrected chi connectivity index (χ0v) is 17.9. The van der Waals surface area contributed by atoms with E-state index in [-0.39, 0.29) is 12.5 Å². The number of carbonyl (C=O) groups excluding carboxylic acids is 1. The third kappa shape index (κ3) is 5.99. The number of benzene rings is 1. The van der Waals surface area contributed by atoms with E-state index < -0.39 is 21.8 Å². The molecule has 1 unspecified atom stereocenters. The molecule has 1 aromatic carbocycles. The first-order valence-electron chi connectivity index (χ1n) is 9.55. The fourth-order valence-electron chi connectivity index (χ4n) is 3.35. The Morgan fingerprint density at radius 2 is 1.97 bits per heavy atom. The van der Waals surface area contributed by atoms with Crippen LogP contribution >= 0.6 is 11.6 Å². The van der Waals surface area contributed by atoms with Gasteiger partial charge in [0.2, 0.25) is 16.4 Å². The first-order chi connectivity index (χ1) is 14.4. The molecule has 1 N–H and O–H groups in total. The SMILES string of the molecule is O=CN(O)C(CS(=O)(=O)N1CCC(OCc2ccc(Cl)cc2)CC1)c1cccnc1. The number of piperidine rings is 1. The Kier molecular flexibility index (Phi) is 7.79. The Morgan fingerprint density at radius 3 is 2.57 bits per heavy atom. The number of nitrogens with zero attached hydrogens (tertiary/aromatic N) is 3. The summed E-state index contributed by atoms with van der Waals surface area (Å²) in [5.74, 6) is -0.426. The third-order valence-electron chi connectivity index (χ3n) is 5.06. The lowest BCUT2D eigenvalue weighted by molar-refractivity contribution is -0.159. The van der Waals surface area contributed by atoms with Crippen molar-refractivity contribution in [1.29, 1.82) is 0 Å². The number of hydroxylamine groups is 2. The summed E-state index contributed by atoms with van der Waals surface area (Å²) in [5, 5.41) is 10.9. The molecule has 162 valence electrons. The van der Waals surface area contributed by atoms with Crippen LogP contribution in [0.5, 0.6) is 0 Å². The summed E-state index contributed by atoms with van der Waals surface area (Å²) in [6.07, 6.45) is 4.27. The second kappa shape index (κ2) is 10.3. The Balaban J connectivity index is 1.56. The van der Waals surface area contributed by atoms with Crippen LogP contribution in [0.3, 0.4) is 0 Å². The van der Waals surface area contributed by atoms with Crippen LogP contribution in [0.15, 0.2) is 48.8 Å².